The average molecular weight is 580 g/mol. The molecule has 2 N–H and O–H groups in total. The highest BCUT2D eigenvalue weighted by molar-refractivity contribution is 5.81. The number of alkyl carbamates (subject to hydrolysis) is 1. The van der Waals surface area contributed by atoms with Crippen molar-refractivity contribution in [1.82, 2.24) is 15.1 Å². The van der Waals surface area contributed by atoms with Gasteiger partial charge in [-0.1, -0.05) is 55.0 Å². The van der Waals surface area contributed by atoms with E-state index in [0.29, 0.717) is 51.9 Å². The van der Waals surface area contributed by atoms with Crippen LogP contribution in [0.15, 0.2) is 48.5 Å². The molecular formula is C32H41N3O7. The molecule has 1 atom stereocenters. The van der Waals surface area contributed by atoms with Crippen LogP contribution in [0.25, 0.3) is 11.1 Å². The molecule has 1 saturated heterocycles. The van der Waals surface area contributed by atoms with E-state index in [1.165, 1.54) is 0 Å². The Morgan fingerprint density at radius 1 is 0.881 bits per heavy atom. The van der Waals surface area contributed by atoms with Crippen molar-refractivity contribution in [3.63, 3.8) is 0 Å². The first kappa shape index (κ1) is 31.0. The molecular weight excluding hydrogens is 538 g/mol. The minimum atomic E-state index is -1.26. The second kappa shape index (κ2) is 13.8. The van der Waals surface area contributed by atoms with Crippen LogP contribution in [0, 0.1) is 0 Å². The number of nitrogens with one attached hydrogen (secondary N) is 1. The normalized spacial score (nSPS) is 15.8. The number of piperazine rings is 1. The van der Waals surface area contributed by atoms with Gasteiger partial charge in [0.25, 0.3) is 0 Å². The smallest absolute Gasteiger partial charge is 0.408 e. The fraction of sp³-hybridized carbons (Fsp3) is 0.500. The van der Waals surface area contributed by atoms with E-state index >= 15 is 0 Å². The summed E-state index contributed by atoms with van der Waals surface area (Å²) in [7, 11) is 0. The highest BCUT2D eigenvalue weighted by atomic mass is 16.6. The number of carbonyl (C=O) groups is 4. The van der Waals surface area contributed by atoms with Gasteiger partial charge < -0.3 is 19.5 Å². The number of hydrogen-bond donors (Lipinski definition) is 2. The molecule has 2 aliphatic rings. The molecule has 0 bridgehead atoms. The largest absolute Gasteiger partial charge is 0.479 e. The minimum absolute atomic E-state index is 0.00304. The first-order valence-electron chi connectivity index (χ1n) is 14.6. The summed E-state index contributed by atoms with van der Waals surface area (Å²) in [6, 6.07) is 16.0. The maximum absolute atomic E-state index is 12.7. The lowest BCUT2D eigenvalue weighted by atomic mass is 9.98. The Morgan fingerprint density at radius 3 is 2.02 bits per heavy atom. The van der Waals surface area contributed by atoms with Crippen molar-refractivity contribution in [3.8, 4) is 11.1 Å². The third-order valence-electron chi connectivity index (χ3n) is 7.56. The number of nitrogens with zero attached hydrogens (tertiary/aromatic N) is 2. The number of esters is 1. The van der Waals surface area contributed by atoms with Gasteiger partial charge in [0.1, 0.15) is 12.2 Å². The summed E-state index contributed by atoms with van der Waals surface area (Å²) in [5, 5.41) is 12.3. The Hall–Kier alpha value is -3.92. The van der Waals surface area contributed by atoms with Crippen LogP contribution in [0.4, 0.5) is 4.79 Å². The fourth-order valence-corrected chi connectivity index (χ4v) is 5.56. The summed E-state index contributed by atoms with van der Waals surface area (Å²) in [5.41, 5.74) is 3.87. The number of aliphatic carboxylic acids is 1. The summed E-state index contributed by atoms with van der Waals surface area (Å²) in [6.45, 7) is 6.94. The second-order valence-corrected chi connectivity index (χ2v) is 11.8. The number of hydrogen-bond acceptors (Lipinski definition) is 7. The summed E-state index contributed by atoms with van der Waals surface area (Å²) >= 11 is 0. The number of carboxylic acids is 1. The summed E-state index contributed by atoms with van der Waals surface area (Å²) in [5.74, 6) is -1.54. The van der Waals surface area contributed by atoms with Crippen molar-refractivity contribution >= 4 is 23.9 Å². The monoisotopic (exact) mass is 579 g/mol. The van der Waals surface area contributed by atoms with Gasteiger partial charge in [0.15, 0.2) is 6.17 Å². The quantitative estimate of drug-likeness (QED) is 0.297. The van der Waals surface area contributed by atoms with Gasteiger partial charge in [0.05, 0.1) is 0 Å². The average Bonchev–Trinajstić information content (AvgIpc) is 3.27. The van der Waals surface area contributed by atoms with Gasteiger partial charge in [0, 0.05) is 44.9 Å². The number of rotatable bonds is 11. The molecule has 10 heteroatoms. The number of benzene rings is 2. The van der Waals surface area contributed by atoms with E-state index in [1.807, 2.05) is 69.3 Å². The van der Waals surface area contributed by atoms with Crippen LogP contribution < -0.4 is 5.32 Å². The molecule has 0 radical (unpaired) electrons. The van der Waals surface area contributed by atoms with Gasteiger partial charge >= 0.3 is 18.0 Å². The van der Waals surface area contributed by atoms with Gasteiger partial charge in [-0.05, 0) is 55.9 Å². The molecule has 1 aliphatic carbocycles. The Morgan fingerprint density at radius 2 is 1.45 bits per heavy atom. The van der Waals surface area contributed by atoms with Gasteiger partial charge in [-0.3, -0.25) is 19.8 Å². The van der Waals surface area contributed by atoms with E-state index < -0.39 is 23.8 Å². The topological polar surface area (TPSA) is 125 Å². The molecule has 226 valence electrons. The standard InChI is InChI=1S/C32H41N3O7/c1-32(2,3)42-28(37)16-6-4-5-15-27(36)34-17-19-35(20-18-34)29(30(38)39)33-31(40)41-21-26-24-13-9-7-11-22(24)23-12-8-10-14-25(23)26/h7-14,26,29H,4-6,15-21H2,1-3H3,(H,33,40)(H,38,39)/t29-/m0/s1. The predicted octanol–water partition coefficient (Wildman–Crippen LogP) is 4.37. The van der Waals surface area contributed by atoms with Gasteiger partial charge in [-0.15, -0.1) is 0 Å². The van der Waals surface area contributed by atoms with Crippen LogP contribution in [0.1, 0.15) is 69.9 Å². The van der Waals surface area contributed by atoms with Gasteiger partial charge in [-0.2, -0.15) is 0 Å². The molecule has 0 spiro atoms. The Balaban J connectivity index is 1.20. The number of ether oxygens (including phenoxy) is 2. The number of carboxylic acid groups (broad SMARTS) is 1. The van der Waals surface area contributed by atoms with Gasteiger partial charge in [0.2, 0.25) is 5.91 Å². The number of amides is 2. The molecule has 10 nitrogen and oxygen atoms in total. The molecule has 42 heavy (non-hydrogen) atoms. The molecule has 1 aliphatic heterocycles. The van der Waals surface area contributed by atoms with E-state index in [2.05, 4.69) is 5.32 Å². The van der Waals surface area contributed by atoms with Crippen molar-refractivity contribution in [3.05, 3.63) is 59.7 Å². The SMILES string of the molecule is CC(C)(C)OC(=O)CCCCCC(=O)N1CCN([C@H](NC(=O)OCC2c3ccccc3-c3ccccc32)C(=O)O)CC1. The molecule has 1 heterocycles. The number of unbranched alkanes of at least 4 members (excludes halogenated alkanes) is 2. The summed E-state index contributed by atoms with van der Waals surface area (Å²) < 4.78 is 10.8. The van der Waals surface area contributed by atoms with Crippen LogP contribution in [0.3, 0.4) is 0 Å². The lowest BCUT2D eigenvalue weighted by molar-refractivity contribution is -0.155. The zero-order valence-electron chi connectivity index (χ0n) is 24.6. The van der Waals surface area contributed by atoms with Crippen molar-refractivity contribution in [2.75, 3.05) is 32.8 Å². The van der Waals surface area contributed by atoms with E-state index in [-0.39, 0.29) is 24.4 Å². The van der Waals surface area contributed by atoms with Crippen molar-refractivity contribution < 1.29 is 33.8 Å². The Labute approximate surface area is 247 Å². The molecule has 4 rings (SSSR count). The molecule has 0 aromatic heterocycles. The third kappa shape index (κ3) is 8.09. The Bertz CT molecular complexity index is 1240. The van der Waals surface area contributed by atoms with Crippen LogP contribution in [0.5, 0.6) is 0 Å². The maximum atomic E-state index is 12.7. The summed E-state index contributed by atoms with van der Waals surface area (Å²) in [6.07, 6.45) is 0.725. The van der Waals surface area contributed by atoms with E-state index in [4.69, 9.17) is 9.47 Å². The predicted molar refractivity (Wildman–Crippen MR) is 157 cm³/mol. The van der Waals surface area contributed by atoms with Crippen molar-refractivity contribution in [2.24, 2.45) is 0 Å². The van der Waals surface area contributed by atoms with Crippen LogP contribution in [0.2, 0.25) is 0 Å². The highest BCUT2D eigenvalue weighted by Gasteiger charge is 2.33. The molecule has 0 saturated carbocycles. The summed E-state index contributed by atoms with van der Waals surface area (Å²) in [4.78, 5) is 52.6. The maximum Gasteiger partial charge on any atom is 0.408 e. The zero-order valence-corrected chi connectivity index (χ0v) is 24.6. The minimum Gasteiger partial charge on any atom is -0.479 e. The molecule has 0 unspecified atom stereocenters. The zero-order chi connectivity index (χ0) is 30.3. The molecule has 2 aromatic rings. The number of carbonyl (C=O) groups excluding carboxylic acids is 3. The third-order valence-corrected chi connectivity index (χ3v) is 7.56. The first-order valence-corrected chi connectivity index (χ1v) is 14.6. The van der Waals surface area contributed by atoms with E-state index in [9.17, 15) is 24.3 Å². The molecule has 2 amide bonds. The van der Waals surface area contributed by atoms with E-state index in [1.54, 1.807) is 9.80 Å². The second-order valence-electron chi connectivity index (χ2n) is 11.8. The lowest BCUT2D eigenvalue weighted by Crippen LogP contribution is -2.59. The Kier molecular flexibility index (Phi) is 10.2. The van der Waals surface area contributed by atoms with Crippen LogP contribution in [-0.4, -0.2) is 83.4 Å². The van der Waals surface area contributed by atoms with Crippen LogP contribution in [-0.2, 0) is 23.9 Å². The van der Waals surface area contributed by atoms with Crippen LogP contribution >= 0.6 is 0 Å². The molecule has 2 aromatic carbocycles. The lowest BCUT2D eigenvalue weighted by Gasteiger charge is -2.37. The van der Waals surface area contributed by atoms with Gasteiger partial charge in [-0.25, -0.2) is 9.59 Å². The number of fused-ring (bicyclic) bond motifs is 3. The highest BCUT2D eigenvalue weighted by Crippen LogP contribution is 2.44. The van der Waals surface area contributed by atoms with Crippen molar-refractivity contribution in [2.45, 2.75) is 70.6 Å². The van der Waals surface area contributed by atoms with E-state index in [0.717, 1.165) is 28.7 Å². The fourth-order valence-electron chi connectivity index (χ4n) is 5.56. The molecule has 1 fully saturated rings. The first-order chi connectivity index (χ1) is 20.0. The van der Waals surface area contributed by atoms with Crippen molar-refractivity contribution in [1.29, 1.82) is 0 Å².